The summed E-state index contributed by atoms with van der Waals surface area (Å²) in [5, 5.41) is 3.17. The van der Waals surface area contributed by atoms with Crippen molar-refractivity contribution in [1.82, 2.24) is 10.2 Å². The van der Waals surface area contributed by atoms with Crippen LogP contribution in [-0.2, 0) is 18.4 Å². The molecule has 0 atom stereocenters. The summed E-state index contributed by atoms with van der Waals surface area (Å²) < 4.78 is 20.1. The van der Waals surface area contributed by atoms with Crippen LogP contribution in [0, 0.1) is 0 Å². The first-order valence-corrected chi connectivity index (χ1v) is 6.75. The molecule has 1 rings (SSSR count). The van der Waals surface area contributed by atoms with Gasteiger partial charge in [-0.1, -0.05) is 0 Å². The zero-order valence-electron chi connectivity index (χ0n) is 11.0. The van der Waals surface area contributed by atoms with E-state index in [1.54, 1.807) is 4.90 Å². The Labute approximate surface area is 119 Å². The largest absolute Gasteiger partial charge is 0.447 e. The second-order valence-corrected chi connectivity index (χ2v) is 4.17. The van der Waals surface area contributed by atoms with Gasteiger partial charge in [-0.2, -0.15) is 0 Å². The van der Waals surface area contributed by atoms with Crippen LogP contribution in [0.5, 0.6) is 0 Å². The lowest BCUT2D eigenvalue weighted by Crippen LogP contribution is -2.46. The number of ether oxygens (including phenoxy) is 3. The topological polar surface area (TPSA) is 69.3 Å². The van der Waals surface area contributed by atoms with Gasteiger partial charge in [0.15, 0.2) is 0 Å². The molecule has 1 fully saturated rings. The minimum absolute atomic E-state index is 0.266. The molecule has 1 N–H and O–H groups in total. The summed E-state index contributed by atoms with van der Waals surface area (Å²) in [5.74, 6) is 0. The summed E-state index contributed by atoms with van der Waals surface area (Å²) in [6.45, 7) is 5.57. The van der Waals surface area contributed by atoms with Crippen molar-refractivity contribution >= 4 is 19.0 Å². The monoisotopic (exact) mass is 294 g/mol. The lowest BCUT2D eigenvalue weighted by molar-refractivity contribution is 0.0169. The number of nitrogens with zero attached hydrogens (tertiary/aromatic N) is 1. The van der Waals surface area contributed by atoms with Gasteiger partial charge >= 0.3 is 6.09 Å². The molecule has 1 amide bonds. The molecule has 0 bridgehead atoms. The van der Waals surface area contributed by atoms with E-state index < -0.39 is 0 Å². The zero-order valence-corrected chi connectivity index (χ0v) is 11.9. The highest BCUT2D eigenvalue weighted by atomic mass is 32.1. The minimum atomic E-state index is -0.271. The standard InChI is InChI=1S/C11H22N2O5S/c14-11(13-3-1-12-2-4-13)17-9-7-15-5-6-16-8-10-18-19/h12,19H,1-10H2. The highest BCUT2D eigenvalue weighted by Gasteiger charge is 2.16. The molecule has 0 spiro atoms. The van der Waals surface area contributed by atoms with E-state index in [2.05, 4.69) is 22.4 Å². The van der Waals surface area contributed by atoms with Crippen LogP contribution in [0.1, 0.15) is 0 Å². The molecule has 0 aliphatic carbocycles. The van der Waals surface area contributed by atoms with Crippen LogP contribution in [0.4, 0.5) is 4.79 Å². The molecule has 0 radical (unpaired) electrons. The highest BCUT2D eigenvalue weighted by molar-refractivity contribution is 7.75. The van der Waals surface area contributed by atoms with Gasteiger partial charge in [0.1, 0.15) is 6.61 Å². The first kappa shape index (κ1) is 16.5. The second kappa shape index (κ2) is 11.3. The lowest BCUT2D eigenvalue weighted by atomic mass is 10.4. The molecule has 1 aliphatic rings. The fraction of sp³-hybridized carbons (Fsp3) is 0.909. The molecule has 0 aromatic rings. The Bertz CT molecular complexity index is 239. The van der Waals surface area contributed by atoms with Crippen LogP contribution >= 0.6 is 12.9 Å². The van der Waals surface area contributed by atoms with E-state index in [0.29, 0.717) is 46.1 Å². The van der Waals surface area contributed by atoms with E-state index in [9.17, 15) is 4.79 Å². The Morgan fingerprint density at radius 1 is 1.00 bits per heavy atom. The van der Waals surface area contributed by atoms with Gasteiger partial charge in [-0.25, -0.2) is 4.79 Å². The van der Waals surface area contributed by atoms with Crippen molar-refractivity contribution in [1.29, 1.82) is 0 Å². The Morgan fingerprint density at radius 2 is 1.58 bits per heavy atom. The molecule has 0 aromatic carbocycles. The summed E-state index contributed by atoms with van der Waals surface area (Å²) in [4.78, 5) is 13.3. The average molecular weight is 294 g/mol. The van der Waals surface area contributed by atoms with Gasteiger partial charge in [0.25, 0.3) is 0 Å². The summed E-state index contributed by atoms with van der Waals surface area (Å²) in [7, 11) is 0. The Kier molecular flexibility index (Phi) is 9.82. The summed E-state index contributed by atoms with van der Waals surface area (Å²) >= 11 is 3.59. The van der Waals surface area contributed by atoms with Gasteiger partial charge < -0.3 is 28.6 Å². The van der Waals surface area contributed by atoms with Gasteiger partial charge in [0, 0.05) is 26.2 Å². The van der Waals surface area contributed by atoms with Crippen molar-refractivity contribution < 1.29 is 23.2 Å². The fourth-order valence-electron chi connectivity index (χ4n) is 1.54. The maximum Gasteiger partial charge on any atom is 0.409 e. The summed E-state index contributed by atoms with van der Waals surface area (Å²) in [6, 6.07) is 0. The molecule has 8 heteroatoms. The third-order valence-electron chi connectivity index (χ3n) is 2.52. The first-order valence-electron chi connectivity index (χ1n) is 6.39. The predicted molar refractivity (Wildman–Crippen MR) is 72.4 cm³/mol. The number of nitrogens with one attached hydrogen (secondary N) is 1. The van der Waals surface area contributed by atoms with E-state index in [4.69, 9.17) is 14.2 Å². The number of hydrogen-bond donors (Lipinski definition) is 2. The first-order chi connectivity index (χ1) is 9.34. The SMILES string of the molecule is O=C(OCCOCCOCCOS)N1CCNCC1. The number of hydrogen-bond acceptors (Lipinski definition) is 7. The third kappa shape index (κ3) is 8.27. The third-order valence-corrected chi connectivity index (χ3v) is 2.70. The lowest BCUT2D eigenvalue weighted by Gasteiger charge is -2.26. The van der Waals surface area contributed by atoms with E-state index >= 15 is 0 Å². The molecule has 112 valence electrons. The van der Waals surface area contributed by atoms with Crippen LogP contribution < -0.4 is 5.32 Å². The van der Waals surface area contributed by atoms with Crippen molar-refractivity contribution in [3.8, 4) is 0 Å². The maximum atomic E-state index is 11.6. The van der Waals surface area contributed by atoms with Gasteiger partial charge in [0.2, 0.25) is 0 Å². The van der Waals surface area contributed by atoms with Crippen LogP contribution in [0.2, 0.25) is 0 Å². The van der Waals surface area contributed by atoms with E-state index in [0.717, 1.165) is 13.1 Å². The van der Waals surface area contributed by atoms with Crippen molar-refractivity contribution in [2.24, 2.45) is 0 Å². The molecule has 0 unspecified atom stereocenters. The number of carbonyl (C=O) groups excluding carboxylic acids is 1. The van der Waals surface area contributed by atoms with E-state index in [-0.39, 0.29) is 12.7 Å². The second-order valence-electron chi connectivity index (χ2n) is 3.91. The smallest absolute Gasteiger partial charge is 0.409 e. The van der Waals surface area contributed by atoms with Gasteiger partial charge in [0.05, 0.1) is 33.0 Å². The molecule has 1 saturated heterocycles. The van der Waals surface area contributed by atoms with Crippen molar-refractivity contribution in [2.45, 2.75) is 0 Å². The Hall–Kier alpha value is -0.540. The summed E-state index contributed by atoms with van der Waals surface area (Å²) in [6.07, 6.45) is -0.271. The number of amides is 1. The maximum absolute atomic E-state index is 11.6. The Balaban J connectivity index is 1.86. The van der Waals surface area contributed by atoms with E-state index in [1.165, 1.54) is 0 Å². The van der Waals surface area contributed by atoms with Gasteiger partial charge in [-0.3, -0.25) is 0 Å². The molecule has 7 nitrogen and oxygen atoms in total. The average Bonchev–Trinajstić information content (AvgIpc) is 2.46. The number of rotatable bonds is 9. The summed E-state index contributed by atoms with van der Waals surface area (Å²) in [5.41, 5.74) is 0. The molecular weight excluding hydrogens is 272 g/mol. The molecule has 1 aliphatic heterocycles. The number of piperazine rings is 1. The molecular formula is C11H22N2O5S. The van der Waals surface area contributed by atoms with Crippen LogP contribution in [0.25, 0.3) is 0 Å². The quantitative estimate of drug-likeness (QED) is 0.352. The Morgan fingerprint density at radius 3 is 2.21 bits per heavy atom. The van der Waals surface area contributed by atoms with Crippen molar-refractivity contribution in [3.05, 3.63) is 0 Å². The molecule has 1 heterocycles. The minimum Gasteiger partial charge on any atom is -0.447 e. The zero-order chi connectivity index (χ0) is 13.8. The van der Waals surface area contributed by atoms with Crippen molar-refractivity contribution in [2.75, 3.05) is 65.8 Å². The number of thiol groups is 1. The van der Waals surface area contributed by atoms with Crippen LogP contribution in [0.15, 0.2) is 0 Å². The predicted octanol–water partition coefficient (Wildman–Crippen LogP) is -0.0772. The van der Waals surface area contributed by atoms with Gasteiger partial charge in [-0.15, -0.1) is 0 Å². The van der Waals surface area contributed by atoms with Crippen molar-refractivity contribution in [3.63, 3.8) is 0 Å². The van der Waals surface area contributed by atoms with Crippen LogP contribution in [0.3, 0.4) is 0 Å². The fourth-order valence-corrected chi connectivity index (χ4v) is 1.62. The van der Waals surface area contributed by atoms with Crippen LogP contribution in [-0.4, -0.2) is 76.8 Å². The molecule has 0 saturated carbocycles. The van der Waals surface area contributed by atoms with Gasteiger partial charge in [-0.05, 0) is 12.9 Å². The molecule has 0 aromatic heterocycles. The molecule has 19 heavy (non-hydrogen) atoms. The highest BCUT2D eigenvalue weighted by Crippen LogP contribution is 1.96. The normalized spacial score (nSPS) is 15.5. The van der Waals surface area contributed by atoms with E-state index in [1.807, 2.05) is 0 Å². The number of carbonyl (C=O) groups is 1.